The molecule has 1 aliphatic heterocycles. The number of aryl methyl sites for hydroxylation is 1. The molecule has 1 aliphatic rings. The quantitative estimate of drug-likeness (QED) is 0.896. The van der Waals surface area contributed by atoms with E-state index in [4.69, 9.17) is 10.3 Å². The molecule has 2 heterocycles. The Morgan fingerprint density at radius 1 is 1.48 bits per heavy atom. The van der Waals surface area contributed by atoms with Crippen LogP contribution in [0, 0.1) is 0 Å². The van der Waals surface area contributed by atoms with Crippen LogP contribution in [0.15, 0.2) is 4.52 Å². The number of aromatic nitrogens is 2. The Bertz CT molecular complexity index is 450. The Labute approximate surface area is 131 Å². The Kier molecular flexibility index (Phi) is 7.11. The topological polar surface area (TPSA) is 85.2 Å². The fourth-order valence-corrected chi connectivity index (χ4v) is 2.54. The maximum absolute atomic E-state index is 12.3. The average Bonchev–Trinajstić information content (AvgIpc) is 2.94. The zero-order valence-electron chi connectivity index (χ0n) is 12.7. The minimum atomic E-state index is 0. The highest BCUT2D eigenvalue weighted by Crippen LogP contribution is 2.18. The first-order valence-corrected chi connectivity index (χ1v) is 7.43. The van der Waals surface area contributed by atoms with Crippen LogP contribution in [0.4, 0.5) is 0 Å². The van der Waals surface area contributed by atoms with Gasteiger partial charge in [-0.05, 0) is 19.3 Å². The van der Waals surface area contributed by atoms with E-state index in [1.807, 2.05) is 18.7 Å². The van der Waals surface area contributed by atoms with E-state index in [1.54, 1.807) is 0 Å². The number of nitrogens with zero attached hydrogens (tertiary/aromatic N) is 3. The van der Waals surface area contributed by atoms with Crippen LogP contribution in [0.3, 0.4) is 0 Å². The summed E-state index contributed by atoms with van der Waals surface area (Å²) in [4.78, 5) is 18.5. The Morgan fingerprint density at radius 3 is 2.86 bits per heavy atom. The van der Waals surface area contributed by atoms with Crippen molar-refractivity contribution in [3.05, 3.63) is 11.7 Å². The first-order valence-electron chi connectivity index (χ1n) is 7.43. The van der Waals surface area contributed by atoms with Crippen molar-refractivity contribution in [1.29, 1.82) is 0 Å². The first kappa shape index (κ1) is 17.9. The van der Waals surface area contributed by atoms with Crippen LogP contribution in [0.2, 0.25) is 0 Å². The largest absolute Gasteiger partial charge is 0.339 e. The van der Waals surface area contributed by atoms with E-state index in [2.05, 4.69) is 10.1 Å². The average molecular weight is 317 g/mol. The molecule has 1 aromatic heterocycles. The second kappa shape index (κ2) is 8.34. The smallest absolute Gasteiger partial charge is 0.227 e. The third-order valence-electron chi connectivity index (χ3n) is 3.77. The molecule has 0 aliphatic carbocycles. The number of hydrogen-bond donors (Lipinski definition) is 1. The summed E-state index contributed by atoms with van der Waals surface area (Å²) in [7, 11) is 0. The van der Waals surface area contributed by atoms with E-state index in [1.165, 1.54) is 0 Å². The number of carbonyl (C=O) groups is 1. The summed E-state index contributed by atoms with van der Waals surface area (Å²) in [5, 5.41) is 3.91. The minimum absolute atomic E-state index is 0. The van der Waals surface area contributed by atoms with E-state index in [0.717, 1.165) is 25.8 Å². The highest BCUT2D eigenvalue weighted by Gasteiger charge is 2.25. The Morgan fingerprint density at radius 2 is 2.24 bits per heavy atom. The van der Waals surface area contributed by atoms with Crippen molar-refractivity contribution in [2.45, 2.75) is 57.9 Å². The summed E-state index contributed by atoms with van der Waals surface area (Å²) in [6.07, 6.45) is 4.16. The van der Waals surface area contributed by atoms with Crippen LogP contribution >= 0.6 is 12.4 Å². The second-order valence-corrected chi connectivity index (χ2v) is 5.67. The van der Waals surface area contributed by atoms with Gasteiger partial charge in [0.05, 0.1) is 0 Å². The van der Waals surface area contributed by atoms with Crippen LogP contribution in [0.25, 0.3) is 0 Å². The molecule has 1 aromatic rings. The molecule has 0 spiro atoms. The van der Waals surface area contributed by atoms with Crippen molar-refractivity contribution in [3.8, 4) is 0 Å². The van der Waals surface area contributed by atoms with Crippen molar-refractivity contribution < 1.29 is 9.32 Å². The van der Waals surface area contributed by atoms with E-state index in [-0.39, 0.29) is 30.3 Å². The Balaban J connectivity index is 0.00000220. The van der Waals surface area contributed by atoms with Crippen molar-refractivity contribution in [2.75, 3.05) is 13.1 Å². The molecule has 1 saturated heterocycles. The third-order valence-corrected chi connectivity index (χ3v) is 3.77. The molecule has 21 heavy (non-hydrogen) atoms. The fraction of sp³-hybridized carbons (Fsp3) is 0.786. The van der Waals surface area contributed by atoms with E-state index in [9.17, 15) is 4.79 Å². The number of likely N-dealkylation sites (tertiary alicyclic amines) is 1. The van der Waals surface area contributed by atoms with Crippen LogP contribution in [-0.2, 0) is 11.2 Å². The summed E-state index contributed by atoms with van der Waals surface area (Å²) in [5.74, 6) is 1.63. The highest BCUT2D eigenvalue weighted by molar-refractivity contribution is 5.85. The lowest BCUT2D eigenvalue weighted by Crippen LogP contribution is -2.47. The Hall–Kier alpha value is -1.14. The van der Waals surface area contributed by atoms with Gasteiger partial charge in [-0.15, -0.1) is 12.4 Å². The first-order chi connectivity index (χ1) is 9.61. The summed E-state index contributed by atoms with van der Waals surface area (Å²) >= 11 is 0. The van der Waals surface area contributed by atoms with Gasteiger partial charge in [0.25, 0.3) is 0 Å². The molecule has 2 N–H and O–H groups in total. The summed E-state index contributed by atoms with van der Waals surface area (Å²) in [6.45, 7) is 5.39. The molecule has 120 valence electrons. The molecule has 1 amide bonds. The molecule has 1 fully saturated rings. The van der Waals surface area contributed by atoms with Gasteiger partial charge < -0.3 is 15.2 Å². The van der Waals surface area contributed by atoms with Gasteiger partial charge in [0.2, 0.25) is 11.8 Å². The lowest BCUT2D eigenvalue weighted by Gasteiger charge is -2.35. The van der Waals surface area contributed by atoms with E-state index in [0.29, 0.717) is 31.1 Å². The number of amides is 1. The number of piperidine rings is 1. The number of halogens is 1. The van der Waals surface area contributed by atoms with Gasteiger partial charge >= 0.3 is 0 Å². The van der Waals surface area contributed by atoms with Gasteiger partial charge in [-0.3, -0.25) is 4.79 Å². The van der Waals surface area contributed by atoms with Crippen LogP contribution in [0.5, 0.6) is 0 Å². The molecule has 0 saturated carbocycles. The lowest BCUT2D eigenvalue weighted by atomic mass is 10.0. The van der Waals surface area contributed by atoms with Gasteiger partial charge in [-0.2, -0.15) is 4.98 Å². The number of rotatable bonds is 5. The molecule has 0 aromatic carbocycles. The van der Waals surface area contributed by atoms with Crippen LogP contribution in [-0.4, -0.2) is 40.1 Å². The summed E-state index contributed by atoms with van der Waals surface area (Å²) < 4.78 is 5.16. The maximum atomic E-state index is 12.3. The van der Waals surface area contributed by atoms with Crippen molar-refractivity contribution >= 4 is 18.3 Å². The van der Waals surface area contributed by atoms with Crippen LogP contribution < -0.4 is 5.73 Å². The van der Waals surface area contributed by atoms with E-state index >= 15 is 0 Å². The van der Waals surface area contributed by atoms with Gasteiger partial charge in [-0.25, -0.2) is 0 Å². The van der Waals surface area contributed by atoms with Gasteiger partial charge in [0.1, 0.15) is 0 Å². The summed E-state index contributed by atoms with van der Waals surface area (Å²) in [5.41, 5.74) is 5.74. The standard InChI is InChI=1S/C14H24N4O2.ClH/c1-10(2)14-16-12(20-17-14)6-7-13(19)18-8-4-3-5-11(18)9-15;/h10-11H,3-9,15H2,1-2H3;1H. The predicted molar refractivity (Wildman–Crippen MR) is 82.4 cm³/mol. The van der Waals surface area contributed by atoms with Gasteiger partial charge in [0, 0.05) is 37.9 Å². The third kappa shape index (κ3) is 4.68. The van der Waals surface area contributed by atoms with Gasteiger partial charge in [-0.1, -0.05) is 19.0 Å². The molecule has 0 bridgehead atoms. The molecule has 7 heteroatoms. The van der Waals surface area contributed by atoms with Crippen LogP contribution in [0.1, 0.15) is 57.2 Å². The number of nitrogens with two attached hydrogens (primary N) is 1. The van der Waals surface area contributed by atoms with Gasteiger partial charge in [0.15, 0.2) is 5.82 Å². The highest BCUT2D eigenvalue weighted by atomic mass is 35.5. The molecule has 1 unspecified atom stereocenters. The van der Waals surface area contributed by atoms with Crippen molar-refractivity contribution in [1.82, 2.24) is 15.0 Å². The molecule has 1 atom stereocenters. The second-order valence-electron chi connectivity index (χ2n) is 5.67. The zero-order valence-corrected chi connectivity index (χ0v) is 13.6. The molecule has 0 radical (unpaired) electrons. The van der Waals surface area contributed by atoms with E-state index < -0.39 is 0 Å². The maximum Gasteiger partial charge on any atom is 0.227 e. The lowest BCUT2D eigenvalue weighted by molar-refractivity contribution is -0.134. The number of hydrogen-bond acceptors (Lipinski definition) is 5. The molecular formula is C14H25ClN4O2. The SMILES string of the molecule is CC(C)c1noc(CCC(=O)N2CCCCC2CN)n1.Cl. The zero-order chi connectivity index (χ0) is 14.5. The molecular weight excluding hydrogens is 292 g/mol. The predicted octanol–water partition coefficient (Wildman–Crippen LogP) is 1.89. The van der Waals surface area contributed by atoms with Crippen molar-refractivity contribution in [3.63, 3.8) is 0 Å². The van der Waals surface area contributed by atoms with Crippen molar-refractivity contribution in [2.24, 2.45) is 5.73 Å². The molecule has 6 nitrogen and oxygen atoms in total. The number of carbonyl (C=O) groups excluding carboxylic acids is 1. The fourth-order valence-electron chi connectivity index (χ4n) is 2.54. The molecule has 2 rings (SSSR count). The minimum Gasteiger partial charge on any atom is -0.339 e. The normalized spacial score (nSPS) is 18.7. The monoisotopic (exact) mass is 316 g/mol. The summed E-state index contributed by atoms with van der Waals surface area (Å²) in [6, 6.07) is 0.199.